The van der Waals surface area contributed by atoms with Crippen LogP contribution in [0.15, 0.2) is 111 Å². The number of hydrogen-bond acceptors (Lipinski definition) is 4. The number of amides is 1. The van der Waals surface area contributed by atoms with Gasteiger partial charge in [0.2, 0.25) is 5.91 Å². The first-order valence-electron chi connectivity index (χ1n) is 14.6. The molecule has 0 bridgehead atoms. The molecule has 0 unspecified atom stereocenters. The molecule has 1 aliphatic carbocycles. The second-order valence-corrected chi connectivity index (χ2v) is 11.5. The summed E-state index contributed by atoms with van der Waals surface area (Å²) in [5.41, 5.74) is 3.99. The number of hydrogen-bond donors (Lipinski definition) is 1. The summed E-state index contributed by atoms with van der Waals surface area (Å²) >= 11 is 0. The van der Waals surface area contributed by atoms with E-state index in [4.69, 9.17) is 0 Å². The van der Waals surface area contributed by atoms with Crippen LogP contribution in [0.25, 0.3) is 0 Å². The van der Waals surface area contributed by atoms with Crippen molar-refractivity contribution in [2.24, 2.45) is 10.9 Å². The number of nitrogens with zero attached hydrogens (tertiary/aromatic N) is 3. The quantitative estimate of drug-likeness (QED) is 0.306. The average molecular weight is 597 g/mol. The fourth-order valence-electron chi connectivity index (χ4n) is 5.68. The highest BCUT2D eigenvalue weighted by atomic mass is 19.3. The van der Waals surface area contributed by atoms with Crippen LogP contribution < -0.4 is 5.32 Å². The molecule has 0 saturated carbocycles. The summed E-state index contributed by atoms with van der Waals surface area (Å²) in [4.78, 5) is 21.2. The Labute approximate surface area is 251 Å². The van der Waals surface area contributed by atoms with Gasteiger partial charge in [-0.2, -0.15) is 0 Å². The van der Waals surface area contributed by atoms with Crippen molar-refractivity contribution in [2.45, 2.75) is 65.3 Å². The Morgan fingerprint density at radius 3 is 2.53 bits per heavy atom. The van der Waals surface area contributed by atoms with E-state index in [0.29, 0.717) is 23.9 Å². The standard InChI is InChI=1S/C34H40F4N4O/c1-21-6-13-33(43)41(5)32(42-15-14-25(20-42)18-26-7-8-28(36)19-39-23(26)3)17-22(2)30(16-21)24(4)40-31-12-10-27(35)9-11-29(31)34(37)38/h6-7,10-12,16-17,19,24-25,34,40H,2,8-9,13-15,18,20H2,1,3-5H3/b21-6-,30-16+,32-17+/t24-,25+/m1/s1. The molecule has 0 spiro atoms. The number of rotatable bonds is 7. The van der Waals surface area contributed by atoms with Gasteiger partial charge in [0, 0.05) is 62.4 Å². The zero-order valence-corrected chi connectivity index (χ0v) is 25.3. The molecule has 2 atom stereocenters. The summed E-state index contributed by atoms with van der Waals surface area (Å²) in [6.07, 6.45) is 11.7. The molecule has 0 radical (unpaired) electrons. The lowest BCUT2D eigenvalue weighted by molar-refractivity contribution is -0.128. The van der Waals surface area contributed by atoms with Gasteiger partial charge in [-0.15, -0.1) is 0 Å². The minimum absolute atomic E-state index is 0.0648. The first-order valence-corrected chi connectivity index (χ1v) is 14.6. The maximum atomic E-state index is 13.9. The second kappa shape index (κ2) is 14.1. The van der Waals surface area contributed by atoms with Crippen LogP contribution in [0.4, 0.5) is 17.6 Å². The monoisotopic (exact) mass is 596 g/mol. The van der Waals surface area contributed by atoms with Gasteiger partial charge in [-0.3, -0.25) is 9.79 Å². The van der Waals surface area contributed by atoms with E-state index in [1.807, 2.05) is 45.1 Å². The van der Waals surface area contributed by atoms with Crippen LogP contribution in [0.2, 0.25) is 0 Å². The van der Waals surface area contributed by atoms with Crippen LogP contribution in [0.5, 0.6) is 0 Å². The van der Waals surface area contributed by atoms with Crippen LogP contribution in [0, 0.1) is 5.92 Å². The highest BCUT2D eigenvalue weighted by Gasteiger charge is 2.30. The summed E-state index contributed by atoms with van der Waals surface area (Å²) in [5.74, 6) is 0.186. The number of carbonyl (C=O) groups excluding carboxylic acids is 1. The molecule has 1 fully saturated rings. The number of halogens is 4. The average Bonchev–Trinajstić information content (AvgIpc) is 3.27. The van der Waals surface area contributed by atoms with Crippen LogP contribution in [-0.2, 0) is 4.79 Å². The normalized spacial score (nSPS) is 26.7. The lowest BCUT2D eigenvalue weighted by Crippen LogP contribution is -2.36. The second-order valence-electron chi connectivity index (χ2n) is 11.5. The van der Waals surface area contributed by atoms with Crippen molar-refractivity contribution in [1.29, 1.82) is 0 Å². The summed E-state index contributed by atoms with van der Waals surface area (Å²) < 4.78 is 55.4. The van der Waals surface area contributed by atoms with Crippen molar-refractivity contribution in [3.63, 3.8) is 0 Å². The third-order valence-corrected chi connectivity index (χ3v) is 8.23. The zero-order chi connectivity index (χ0) is 31.3. The van der Waals surface area contributed by atoms with Crippen molar-refractivity contribution >= 4 is 11.6 Å². The van der Waals surface area contributed by atoms with Gasteiger partial charge in [-0.25, -0.2) is 17.6 Å². The molecule has 4 aliphatic rings. The number of likely N-dealkylation sites (tertiary alicyclic amines) is 1. The van der Waals surface area contributed by atoms with E-state index in [0.717, 1.165) is 41.8 Å². The fraction of sp³-hybridized carbons (Fsp3) is 0.412. The van der Waals surface area contributed by atoms with E-state index in [2.05, 4.69) is 21.8 Å². The van der Waals surface area contributed by atoms with Gasteiger partial charge in [0.15, 0.2) is 0 Å². The van der Waals surface area contributed by atoms with Crippen LogP contribution in [0.3, 0.4) is 0 Å². The molecule has 230 valence electrons. The molecule has 0 aromatic heterocycles. The number of aliphatic imine (C=N–C) groups is 1. The fourth-order valence-corrected chi connectivity index (χ4v) is 5.68. The smallest absolute Gasteiger partial charge is 0.265 e. The first kappa shape index (κ1) is 32.0. The van der Waals surface area contributed by atoms with Crippen molar-refractivity contribution < 1.29 is 22.4 Å². The molecule has 43 heavy (non-hydrogen) atoms. The van der Waals surface area contributed by atoms with Crippen LogP contribution >= 0.6 is 0 Å². The minimum atomic E-state index is -2.76. The number of alkyl halides is 2. The molecule has 1 N–H and O–H groups in total. The third-order valence-electron chi connectivity index (χ3n) is 8.23. The Hall–Kier alpha value is -3.88. The number of nitrogens with one attached hydrogen (secondary N) is 1. The maximum absolute atomic E-state index is 13.9. The number of allylic oxidation sites excluding steroid dienone is 11. The predicted molar refractivity (Wildman–Crippen MR) is 164 cm³/mol. The molecule has 0 aromatic carbocycles. The zero-order valence-electron chi connectivity index (χ0n) is 25.3. The van der Waals surface area contributed by atoms with E-state index < -0.39 is 18.3 Å². The molecule has 0 aromatic rings. The molecular weight excluding hydrogens is 556 g/mol. The van der Waals surface area contributed by atoms with Gasteiger partial charge in [0.25, 0.3) is 6.43 Å². The third kappa shape index (κ3) is 8.15. The van der Waals surface area contributed by atoms with Crippen LogP contribution in [0.1, 0.15) is 52.9 Å². The molecule has 4 rings (SSSR count). The molecule has 3 heterocycles. The topological polar surface area (TPSA) is 47.9 Å². The Morgan fingerprint density at radius 2 is 1.79 bits per heavy atom. The van der Waals surface area contributed by atoms with Gasteiger partial charge in [0.1, 0.15) is 17.5 Å². The Morgan fingerprint density at radius 1 is 1.05 bits per heavy atom. The highest BCUT2D eigenvalue weighted by molar-refractivity contribution is 5.98. The molecular formula is C34H40F4N4O. The molecule has 1 saturated heterocycles. The SMILES string of the molecule is C=C1/C=C(/N2CC[C@@H](CC3=CCC(F)=CN=C3C)C2)N(C)C(=O)C/C=C(C)\C=C/1[C@@H](C)NC1=CC=C(F)CC=C1C(F)F. The Balaban J connectivity index is 1.59. The summed E-state index contributed by atoms with van der Waals surface area (Å²) in [7, 11) is 1.75. The van der Waals surface area contributed by atoms with Gasteiger partial charge in [0.05, 0.1) is 6.20 Å². The largest absolute Gasteiger partial charge is 0.378 e. The summed E-state index contributed by atoms with van der Waals surface area (Å²) in [6.45, 7) is 11.4. The van der Waals surface area contributed by atoms with Gasteiger partial charge in [-0.05, 0) is 74.5 Å². The maximum Gasteiger partial charge on any atom is 0.265 e. The van der Waals surface area contributed by atoms with E-state index in [9.17, 15) is 22.4 Å². The van der Waals surface area contributed by atoms with Crippen molar-refractivity contribution in [1.82, 2.24) is 15.1 Å². The van der Waals surface area contributed by atoms with E-state index in [-0.39, 0.29) is 42.3 Å². The van der Waals surface area contributed by atoms with Gasteiger partial charge >= 0.3 is 0 Å². The Bertz CT molecular complexity index is 1420. The summed E-state index contributed by atoms with van der Waals surface area (Å²) in [6, 6.07) is -0.457. The molecule has 1 amide bonds. The van der Waals surface area contributed by atoms with Gasteiger partial charge in [-0.1, -0.05) is 36.5 Å². The molecule has 3 aliphatic heterocycles. The van der Waals surface area contributed by atoms with Crippen molar-refractivity contribution in [3.8, 4) is 0 Å². The molecule has 5 nitrogen and oxygen atoms in total. The van der Waals surface area contributed by atoms with Gasteiger partial charge < -0.3 is 15.1 Å². The van der Waals surface area contributed by atoms with Crippen LogP contribution in [-0.4, -0.2) is 54.0 Å². The Kier molecular flexibility index (Phi) is 10.5. The lowest BCUT2D eigenvalue weighted by Gasteiger charge is -2.31. The van der Waals surface area contributed by atoms with E-state index in [1.165, 1.54) is 24.4 Å². The van der Waals surface area contributed by atoms with Crippen molar-refractivity contribution in [2.75, 3.05) is 20.1 Å². The lowest BCUT2D eigenvalue weighted by atomic mass is 9.95. The van der Waals surface area contributed by atoms with Crippen molar-refractivity contribution in [3.05, 3.63) is 106 Å². The molecule has 9 heteroatoms. The predicted octanol–water partition coefficient (Wildman–Crippen LogP) is 7.74. The first-order chi connectivity index (χ1) is 20.4. The highest BCUT2D eigenvalue weighted by Crippen LogP contribution is 2.32. The van der Waals surface area contributed by atoms with E-state index in [1.54, 1.807) is 11.9 Å². The minimum Gasteiger partial charge on any atom is -0.378 e. The summed E-state index contributed by atoms with van der Waals surface area (Å²) in [5, 5.41) is 3.16. The van der Waals surface area contributed by atoms with E-state index >= 15 is 0 Å². The number of carbonyl (C=O) groups is 1.